The van der Waals surface area contributed by atoms with Crippen molar-refractivity contribution >= 4 is 36.8 Å². The van der Waals surface area contributed by atoms with Crippen molar-refractivity contribution in [3.63, 3.8) is 0 Å². The fraction of sp³-hybridized carbons (Fsp3) is 0.125. The molecule has 22 heavy (non-hydrogen) atoms. The van der Waals surface area contributed by atoms with Crippen molar-refractivity contribution in [2.24, 2.45) is 0 Å². The molecule has 114 valence electrons. The third-order valence-electron chi connectivity index (χ3n) is 3.42. The van der Waals surface area contributed by atoms with E-state index < -0.39 is 16.6 Å². The van der Waals surface area contributed by atoms with Gasteiger partial charge in [-0.3, -0.25) is 0 Å². The lowest BCUT2D eigenvalue weighted by Gasteiger charge is -2.04. The molecular formula is C16H12BrFO3S. The van der Waals surface area contributed by atoms with Crippen LogP contribution in [0, 0.1) is 5.82 Å². The van der Waals surface area contributed by atoms with Crippen LogP contribution in [0.5, 0.6) is 11.5 Å². The highest BCUT2D eigenvalue weighted by atomic mass is 79.9. The highest BCUT2D eigenvalue weighted by Gasteiger charge is 2.24. The Labute approximate surface area is 138 Å². The van der Waals surface area contributed by atoms with E-state index in [1.165, 1.54) is 13.2 Å². The molecule has 1 aromatic heterocycles. The molecule has 1 unspecified atom stereocenters. The van der Waals surface area contributed by atoms with Gasteiger partial charge in [0, 0.05) is 11.6 Å². The van der Waals surface area contributed by atoms with Crippen LogP contribution in [0.2, 0.25) is 0 Å². The molecule has 0 fully saturated rings. The maximum atomic E-state index is 13.6. The molecule has 0 aliphatic heterocycles. The topological polar surface area (TPSA) is 41.5 Å². The Morgan fingerprint density at radius 2 is 1.86 bits per heavy atom. The number of rotatable bonds is 3. The lowest BCUT2D eigenvalue weighted by atomic mass is 10.1. The summed E-state index contributed by atoms with van der Waals surface area (Å²) in [5.74, 6) is 0.312. The van der Waals surface area contributed by atoms with Gasteiger partial charge in [0.1, 0.15) is 5.75 Å². The van der Waals surface area contributed by atoms with Crippen LogP contribution >= 0.6 is 26.7 Å². The van der Waals surface area contributed by atoms with Crippen LogP contribution in [0.15, 0.2) is 40.9 Å². The lowest BCUT2D eigenvalue weighted by Crippen LogP contribution is -1.88. The van der Waals surface area contributed by atoms with Gasteiger partial charge in [0.15, 0.2) is 21.1 Å². The second kappa shape index (κ2) is 5.87. The van der Waals surface area contributed by atoms with Crippen molar-refractivity contribution < 1.29 is 18.4 Å². The zero-order valence-corrected chi connectivity index (χ0v) is 14.3. The average Bonchev–Trinajstić information content (AvgIpc) is 2.79. The van der Waals surface area contributed by atoms with E-state index in [-0.39, 0.29) is 5.75 Å². The van der Waals surface area contributed by atoms with E-state index in [4.69, 9.17) is 9.47 Å². The van der Waals surface area contributed by atoms with Gasteiger partial charge >= 0.3 is 0 Å². The molecule has 0 spiro atoms. The van der Waals surface area contributed by atoms with Gasteiger partial charge in [0.05, 0.1) is 24.1 Å². The van der Waals surface area contributed by atoms with Crippen LogP contribution in [0.4, 0.5) is 4.39 Å². The highest BCUT2D eigenvalue weighted by Crippen LogP contribution is 2.49. The summed E-state index contributed by atoms with van der Waals surface area (Å²) in [6.45, 7) is 0. The van der Waals surface area contributed by atoms with E-state index in [0.717, 1.165) is 9.86 Å². The fourth-order valence-corrected chi connectivity index (χ4v) is 4.89. The van der Waals surface area contributed by atoms with Crippen LogP contribution in [-0.4, -0.2) is 18.8 Å². The summed E-state index contributed by atoms with van der Waals surface area (Å²) in [6.07, 6.45) is 0. The normalized spacial score (nSPS) is 11.8. The number of fused-ring (bicyclic) bond motifs is 1. The predicted octanol–water partition coefficient (Wildman–Crippen LogP) is 5.15. The maximum absolute atomic E-state index is 13.6. The molecule has 3 rings (SSSR count). The minimum absolute atomic E-state index is 0.121. The van der Waals surface area contributed by atoms with Gasteiger partial charge < -0.3 is 14.0 Å². The van der Waals surface area contributed by atoms with Crippen LogP contribution < -0.4 is 9.47 Å². The van der Waals surface area contributed by atoms with Gasteiger partial charge in [-0.1, -0.05) is 0 Å². The minimum atomic E-state index is -1.37. The third kappa shape index (κ3) is 2.37. The molecule has 0 saturated heterocycles. The lowest BCUT2D eigenvalue weighted by molar-refractivity contribution is 0.387. The van der Waals surface area contributed by atoms with E-state index in [1.807, 2.05) is 12.1 Å². The molecule has 6 heteroatoms. The Morgan fingerprint density at radius 1 is 1.09 bits per heavy atom. The smallest absolute Gasteiger partial charge is 0.195 e. The predicted molar refractivity (Wildman–Crippen MR) is 88.8 cm³/mol. The molecule has 0 bridgehead atoms. The monoisotopic (exact) mass is 382 g/mol. The van der Waals surface area contributed by atoms with Crippen molar-refractivity contribution in [3.8, 4) is 21.9 Å². The molecule has 3 aromatic rings. The van der Waals surface area contributed by atoms with E-state index >= 15 is 0 Å². The molecule has 0 radical (unpaired) electrons. The Morgan fingerprint density at radius 3 is 2.55 bits per heavy atom. The summed E-state index contributed by atoms with van der Waals surface area (Å²) in [4.78, 5) is 0.599. The van der Waals surface area contributed by atoms with Crippen LogP contribution in [0.1, 0.15) is 0 Å². The van der Waals surface area contributed by atoms with E-state index in [0.29, 0.717) is 20.9 Å². The largest absolute Gasteiger partial charge is 0.590 e. The quantitative estimate of drug-likeness (QED) is 0.587. The second-order valence-electron chi connectivity index (χ2n) is 4.62. The Kier molecular flexibility index (Phi) is 4.08. The first kappa shape index (κ1) is 15.3. The highest BCUT2D eigenvalue weighted by molar-refractivity contribution is 9.10. The molecule has 0 aliphatic carbocycles. The standard InChI is InChI=1S/C16H12BrFO3S/c1-20-10-4-5-11-14(8-10)22(19)16(15(11)17)9-3-6-12(18)13(7-9)21-2/h3-8H,1-2H3. The molecular weight excluding hydrogens is 371 g/mol. The van der Waals surface area contributed by atoms with Gasteiger partial charge in [-0.15, -0.1) is 0 Å². The van der Waals surface area contributed by atoms with Gasteiger partial charge in [-0.25, -0.2) is 4.39 Å². The Bertz CT molecular complexity index is 860. The van der Waals surface area contributed by atoms with Crippen LogP contribution in [0.3, 0.4) is 0 Å². The van der Waals surface area contributed by atoms with E-state index in [1.54, 1.807) is 25.3 Å². The molecule has 0 amide bonds. The van der Waals surface area contributed by atoms with Gasteiger partial charge in [0.25, 0.3) is 0 Å². The average molecular weight is 383 g/mol. The first-order chi connectivity index (χ1) is 10.6. The number of halogens is 2. The third-order valence-corrected chi connectivity index (χ3v) is 6.06. The molecule has 0 N–H and O–H groups in total. The van der Waals surface area contributed by atoms with E-state index in [9.17, 15) is 8.94 Å². The first-order valence-electron chi connectivity index (χ1n) is 6.40. The summed E-state index contributed by atoms with van der Waals surface area (Å²) < 4.78 is 37.9. The molecule has 0 saturated carbocycles. The Hall–Kier alpha value is -1.63. The summed E-state index contributed by atoms with van der Waals surface area (Å²) >= 11 is 3.50. The van der Waals surface area contributed by atoms with Crippen LogP contribution in [0.25, 0.3) is 20.5 Å². The number of thiophene rings is 1. The zero-order valence-electron chi connectivity index (χ0n) is 11.9. The van der Waals surface area contributed by atoms with Gasteiger partial charge in [0.2, 0.25) is 0 Å². The fourth-order valence-electron chi connectivity index (χ4n) is 2.31. The van der Waals surface area contributed by atoms with Gasteiger partial charge in [-0.05, 0) is 57.0 Å². The molecule has 2 aromatic carbocycles. The SMILES string of the molecule is COc1ccc2c(Br)c(-c3ccc(F)c(OC)c3)[s+]([O-])c2c1. The maximum Gasteiger partial charge on any atom is 0.195 e. The minimum Gasteiger partial charge on any atom is -0.590 e. The number of methoxy groups -OCH3 is 2. The van der Waals surface area contributed by atoms with Gasteiger partial charge in [-0.2, -0.15) is 0 Å². The van der Waals surface area contributed by atoms with Crippen molar-refractivity contribution in [3.05, 3.63) is 46.7 Å². The van der Waals surface area contributed by atoms with Crippen molar-refractivity contribution in [2.45, 2.75) is 0 Å². The van der Waals surface area contributed by atoms with Crippen molar-refractivity contribution in [2.75, 3.05) is 14.2 Å². The summed E-state index contributed by atoms with van der Waals surface area (Å²) in [5, 5.41) is 0.845. The summed E-state index contributed by atoms with van der Waals surface area (Å²) in [7, 11) is 1.59. The van der Waals surface area contributed by atoms with Crippen molar-refractivity contribution in [1.29, 1.82) is 0 Å². The molecule has 1 heterocycles. The Balaban J connectivity index is 2.27. The number of benzene rings is 2. The summed E-state index contributed by atoms with van der Waals surface area (Å²) in [6, 6.07) is 9.86. The van der Waals surface area contributed by atoms with Crippen molar-refractivity contribution in [1.82, 2.24) is 0 Å². The second-order valence-corrected chi connectivity index (χ2v) is 6.80. The van der Waals surface area contributed by atoms with Crippen LogP contribution in [-0.2, 0) is 0 Å². The first-order valence-corrected chi connectivity index (χ1v) is 8.35. The van der Waals surface area contributed by atoms with E-state index in [2.05, 4.69) is 15.9 Å². The number of ether oxygens (including phenoxy) is 2. The number of hydrogen-bond acceptors (Lipinski definition) is 3. The zero-order chi connectivity index (χ0) is 15.9. The number of hydrogen-bond donors (Lipinski definition) is 0. The molecule has 0 aliphatic rings. The molecule has 1 atom stereocenters. The molecule has 3 nitrogen and oxygen atoms in total. The summed E-state index contributed by atoms with van der Waals surface area (Å²) in [5.41, 5.74) is 0.652.